The molecule has 76 valence electrons. The highest BCUT2D eigenvalue weighted by Gasteiger charge is 2.06. The fourth-order valence-electron chi connectivity index (χ4n) is 1.20. The Kier molecular flexibility index (Phi) is 3.34. The lowest BCUT2D eigenvalue weighted by molar-refractivity contribution is -0.136. The first kappa shape index (κ1) is 10.4. The molecule has 0 aliphatic rings. The molecule has 1 aromatic rings. The van der Waals surface area contributed by atoms with Crippen LogP contribution in [0.1, 0.15) is 12.0 Å². The lowest BCUT2D eigenvalue weighted by Crippen LogP contribution is -1.99. The van der Waals surface area contributed by atoms with Crippen molar-refractivity contribution in [2.75, 3.05) is 7.11 Å². The van der Waals surface area contributed by atoms with Gasteiger partial charge in [-0.2, -0.15) is 0 Å². The molecule has 0 heterocycles. The number of ether oxygens (including phenoxy) is 1. The van der Waals surface area contributed by atoms with Crippen molar-refractivity contribution in [3.8, 4) is 11.5 Å². The molecule has 0 atom stereocenters. The Morgan fingerprint density at radius 2 is 2.21 bits per heavy atom. The van der Waals surface area contributed by atoms with Crippen LogP contribution in [-0.4, -0.2) is 23.3 Å². The normalized spacial score (nSPS) is 9.79. The van der Waals surface area contributed by atoms with Crippen molar-refractivity contribution in [3.63, 3.8) is 0 Å². The number of carboxylic acids is 1. The van der Waals surface area contributed by atoms with Crippen molar-refractivity contribution >= 4 is 5.97 Å². The summed E-state index contributed by atoms with van der Waals surface area (Å²) in [7, 11) is 1.51. The first-order valence-electron chi connectivity index (χ1n) is 4.21. The average Bonchev–Trinajstić information content (AvgIpc) is 2.15. The van der Waals surface area contributed by atoms with Gasteiger partial charge in [0.2, 0.25) is 0 Å². The highest BCUT2D eigenvalue weighted by molar-refractivity contribution is 5.67. The van der Waals surface area contributed by atoms with Crippen molar-refractivity contribution in [3.05, 3.63) is 23.8 Å². The van der Waals surface area contributed by atoms with Crippen molar-refractivity contribution < 1.29 is 19.7 Å². The van der Waals surface area contributed by atoms with Gasteiger partial charge in [-0.1, -0.05) is 0 Å². The van der Waals surface area contributed by atoms with Crippen LogP contribution in [-0.2, 0) is 11.2 Å². The molecule has 0 spiro atoms. The summed E-state index contributed by atoms with van der Waals surface area (Å²) >= 11 is 0. The molecule has 4 nitrogen and oxygen atoms in total. The van der Waals surface area contributed by atoms with E-state index in [2.05, 4.69) is 0 Å². The third-order valence-electron chi connectivity index (χ3n) is 1.87. The number of carbonyl (C=O) groups is 1. The molecular formula is C10H12O4. The predicted molar refractivity (Wildman–Crippen MR) is 50.6 cm³/mol. The van der Waals surface area contributed by atoms with Gasteiger partial charge in [0, 0.05) is 6.42 Å². The second-order valence-corrected chi connectivity index (χ2v) is 2.89. The number of carboxylic acid groups (broad SMARTS) is 1. The van der Waals surface area contributed by atoms with Crippen molar-refractivity contribution in [2.24, 2.45) is 0 Å². The summed E-state index contributed by atoms with van der Waals surface area (Å²) in [6.07, 6.45) is 0.382. The predicted octanol–water partition coefficient (Wildman–Crippen LogP) is 1.42. The molecule has 1 rings (SSSR count). The Labute approximate surface area is 81.8 Å². The van der Waals surface area contributed by atoms with E-state index in [-0.39, 0.29) is 12.2 Å². The lowest BCUT2D eigenvalue weighted by Gasteiger charge is -2.07. The van der Waals surface area contributed by atoms with Gasteiger partial charge in [0.15, 0.2) is 0 Å². The van der Waals surface area contributed by atoms with Gasteiger partial charge in [-0.25, -0.2) is 0 Å². The first-order valence-corrected chi connectivity index (χ1v) is 4.21. The molecule has 0 bridgehead atoms. The van der Waals surface area contributed by atoms with E-state index in [4.69, 9.17) is 9.84 Å². The Balaban J connectivity index is 2.82. The molecule has 0 fully saturated rings. The highest BCUT2D eigenvalue weighted by atomic mass is 16.5. The van der Waals surface area contributed by atoms with E-state index in [0.717, 1.165) is 0 Å². The Morgan fingerprint density at radius 1 is 1.50 bits per heavy atom. The van der Waals surface area contributed by atoms with Gasteiger partial charge in [0.1, 0.15) is 11.5 Å². The van der Waals surface area contributed by atoms with E-state index in [9.17, 15) is 9.90 Å². The second kappa shape index (κ2) is 4.50. The number of aryl methyl sites for hydroxylation is 1. The molecule has 0 aromatic heterocycles. The van der Waals surface area contributed by atoms with Crippen LogP contribution >= 0.6 is 0 Å². The first-order chi connectivity index (χ1) is 6.63. The summed E-state index contributed by atoms with van der Waals surface area (Å²) in [5.74, 6) is -0.148. The van der Waals surface area contributed by atoms with Crippen molar-refractivity contribution in [2.45, 2.75) is 12.8 Å². The smallest absolute Gasteiger partial charge is 0.303 e. The third kappa shape index (κ3) is 2.65. The fraction of sp³-hybridized carbons (Fsp3) is 0.300. The molecule has 0 unspecified atom stereocenters. The monoisotopic (exact) mass is 196 g/mol. The minimum Gasteiger partial charge on any atom is -0.508 e. The van der Waals surface area contributed by atoms with E-state index < -0.39 is 5.97 Å². The molecule has 0 aliphatic heterocycles. The number of benzene rings is 1. The van der Waals surface area contributed by atoms with Crippen LogP contribution in [0, 0.1) is 0 Å². The zero-order valence-corrected chi connectivity index (χ0v) is 7.86. The largest absolute Gasteiger partial charge is 0.508 e. The number of hydrogen-bond donors (Lipinski definition) is 2. The minimum atomic E-state index is -0.865. The van der Waals surface area contributed by atoms with Gasteiger partial charge >= 0.3 is 5.97 Å². The summed E-state index contributed by atoms with van der Waals surface area (Å²) in [4.78, 5) is 10.4. The van der Waals surface area contributed by atoms with E-state index in [1.165, 1.54) is 19.2 Å². The maximum absolute atomic E-state index is 10.4. The van der Waals surface area contributed by atoms with E-state index in [1.807, 2.05) is 0 Å². The quantitative estimate of drug-likeness (QED) is 0.764. The fourth-order valence-corrected chi connectivity index (χ4v) is 1.20. The van der Waals surface area contributed by atoms with E-state index in [0.29, 0.717) is 17.7 Å². The number of phenols is 1. The molecule has 2 N–H and O–H groups in total. The Bertz CT molecular complexity index is 333. The number of rotatable bonds is 4. The van der Waals surface area contributed by atoms with Gasteiger partial charge in [-0.15, -0.1) is 0 Å². The maximum Gasteiger partial charge on any atom is 0.303 e. The summed E-state index contributed by atoms with van der Waals surface area (Å²) in [6, 6.07) is 4.64. The van der Waals surface area contributed by atoms with E-state index in [1.54, 1.807) is 6.07 Å². The molecule has 0 aliphatic carbocycles. The molecule has 14 heavy (non-hydrogen) atoms. The van der Waals surface area contributed by atoms with Crippen LogP contribution in [0.2, 0.25) is 0 Å². The number of hydrogen-bond acceptors (Lipinski definition) is 3. The van der Waals surface area contributed by atoms with Gasteiger partial charge < -0.3 is 14.9 Å². The van der Waals surface area contributed by atoms with Crippen LogP contribution in [0.3, 0.4) is 0 Å². The molecule has 4 heteroatoms. The van der Waals surface area contributed by atoms with E-state index >= 15 is 0 Å². The Morgan fingerprint density at radius 3 is 2.79 bits per heavy atom. The average molecular weight is 196 g/mol. The van der Waals surface area contributed by atoms with Crippen molar-refractivity contribution in [1.29, 1.82) is 0 Å². The van der Waals surface area contributed by atoms with Gasteiger partial charge in [-0.05, 0) is 30.2 Å². The Hall–Kier alpha value is -1.71. The zero-order chi connectivity index (χ0) is 10.6. The molecule has 0 saturated carbocycles. The van der Waals surface area contributed by atoms with Gasteiger partial charge in [0.05, 0.1) is 7.11 Å². The summed E-state index contributed by atoms with van der Waals surface area (Å²) < 4.78 is 5.03. The molecule has 0 saturated heterocycles. The zero-order valence-electron chi connectivity index (χ0n) is 7.86. The molecular weight excluding hydrogens is 184 g/mol. The second-order valence-electron chi connectivity index (χ2n) is 2.89. The molecule has 0 radical (unpaired) electrons. The lowest BCUT2D eigenvalue weighted by atomic mass is 10.1. The summed E-state index contributed by atoms with van der Waals surface area (Å²) in [5.41, 5.74) is 0.704. The summed E-state index contributed by atoms with van der Waals surface area (Å²) in [6.45, 7) is 0. The summed E-state index contributed by atoms with van der Waals surface area (Å²) in [5, 5.41) is 17.7. The standard InChI is InChI=1S/C10H12O4/c1-14-9-4-3-8(11)6-7(9)2-5-10(12)13/h3-4,6,11H,2,5H2,1H3,(H,12,13). The molecule has 1 aromatic carbocycles. The SMILES string of the molecule is COc1ccc(O)cc1CCC(=O)O. The third-order valence-corrected chi connectivity index (χ3v) is 1.87. The van der Waals surface area contributed by atoms with Crippen LogP contribution in [0.15, 0.2) is 18.2 Å². The van der Waals surface area contributed by atoms with Crippen LogP contribution in [0.25, 0.3) is 0 Å². The maximum atomic E-state index is 10.4. The van der Waals surface area contributed by atoms with Gasteiger partial charge in [0.25, 0.3) is 0 Å². The number of methoxy groups -OCH3 is 1. The van der Waals surface area contributed by atoms with Crippen LogP contribution in [0.5, 0.6) is 11.5 Å². The minimum absolute atomic E-state index is 0.0276. The molecule has 0 amide bonds. The van der Waals surface area contributed by atoms with Crippen molar-refractivity contribution in [1.82, 2.24) is 0 Å². The topological polar surface area (TPSA) is 66.8 Å². The number of aliphatic carboxylic acids is 1. The highest BCUT2D eigenvalue weighted by Crippen LogP contribution is 2.24. The van der Waals surface area contributed by atoms with Crippen LogP contribution < -0.4 is 4.74 Å². The van der Waals surface area contributed by atoms with Crippen LogP contribution in [0.4, 0.5) is 0 Å². The number of phenolic OH excluding ortho intramolecular Hbond substituents is 1. The number of aromatic hydroxyl groups is 1. The van der Waals surface area contributed by atoms with Gasteiger partial charge in [-0.3, -0.25) is 4.79 Å².